The second-order valence-electron chi connectivity index (χ2n) is 5.50. The first-order valence-corrected chi connectivity index (χ1v) is 7.87. The third kappa shape index (κ3) is 4.63. The average molecular weight is 367 g/mol. The number of halogens is 3. The molecule has 0 aliphatic carbocycles. The van der Waals surface area contributed by atoms with Crippen LogP contribution in [0.5, 0.6) is 5.75 Å². The molecular formula is C17H16F3N3O3. The molecule has 1 N–H and O–H groups in total. The number of hydrogen-bond donors (Lipinski definition) is 1. The lowest BCUT2D eigenvalue weighted by Gasteiger charge is -2.29. The fraction of sp³-hybridized carbons (Fsp3) is 0.294. The molecule has 1 saturated heterocycles. The van der Waals surface area contributed by atoms with E-state index >= 15 is 0 Å². The highest BCUT2D eigenvalue weighted by Gasteiger charge is 2.31. The van der Waals surface area contributed by atoms with Gasteiger partial charge in [0.25, 0.3) is 5.91 Å². The minimum Gasteiger partial charge on any atom is -0.406 e. The first-order chi connectivity index (χ1) is 12.4. The zero-order valence-corrected chi connectivity index (χ0v) is 13.6. The van der Waals surface area contributed by atoms with Gasteiger partial charge in [-0.15, -0.1) is 13.2 Å². The summed E-state index contributed by atoms with van der Waals surface area (Å²) in [6, 6.07) is 8.24. The van der Waals surface area contributed by atoms with Crippen molar-refractivity contribution in [2.24, 2.45) is 0 Å². The molecule has 0 radical (unpaired) electrons. The normalized spacial score (nSPS) is 14.8. The Bertz CT molecular complexity index is 760. The summed E-state index contributed by atoms with van der Waals surface area (Å²) in [5, 5.41) is 2.65. The van der Waals surface area contributed by atoms with Crippen LogP contribution in [0.15, 0.2) is 42.6 Å². The van der Waals surface area contributed by atoms with Gasteiger partial charge >= 0.3 is 6.36 Å². The smallest absolute Gasteiger partial charge is 0.406 e. The van der Waals surface area contributed by atoms with Gasteiger partial charge in [-0.2, -0.15) is 0 Å². The van der Waals surface area contributed by atoms with Crippen LogP contribution in [0.1, 0.15) is 10.4 Å². The van der Waals surface area contributed by atoms with Crippen LogP contribution < -0.4 is 15.0 Å². The van der Waals surface area contributed by atoms with Crippen LogP contribution in [0.25, 0.3) is 0 Å². The molecule has 1 aliphatic rings. The Morgan fingerprint density at radius 2 is 1.85 bits per heavy atom. The van der Waals surface area contributed by atoms with Crippen LogP contribution in [0.2, 0.25) is 0 Å². The van der Waals surface area contributed by atoms with E-state index < -0.39 is 12.3 Å². The highest BCUT2D eigenvalue weighted by atomic mass is 19.4. The van der Waals surface area contributed by atoms with E-state index in [2.05, 4.69) is 15.0 Å². The van der Waals surface area contributed by atoms with E-state index in [1.165, 1.54) is 12.1 Å². The predicted molar refractivity (Wildman–Crippen MR) is 88.3 cm³/mol. The van der Waals surface area contributed by atoms with E-state index in [0.29, 0.717) is 43.4 Å². The summed E-state index contributed by atoms with van der Waals surface area (Å²) < 4.78 is 45.7. The summed E-state index contributed by atoms with van der Waals surface area (Å²) in [5.74, 6) is -0.208. The van der Waals surface area contributed by atoms with Crippen molar-refractivity contribution in [1.82, 2.24) is 4.98 Å². The Balaban J connectivity index is 1.72. The Labute approximate surface area is 147 Å². The molecule has 0 unspecified atom stereocenters. The van der Waals surface area contributed by atoms with Crippen molar-refractivity contribution < 1.29 is 27.4 Å². The van der Waals surface area contributed by atoms with Crippen molar-refractivity contribution >= 4 is 17.4 Å². The lowest BCUT2D eigenvalue weighted by atomic mass is 10.2. The number of anilines is 2. The zero-order valence-electron chi connectivity index (χ0n) is 13.6. The number of amides is 1. The molecule has 0 atom stereocenters. The second kappa shape index (κ2) is 7.61. The molecule has 2 heterocycles. The van der Waals surface area contributed by atoms with E-state index in [4.69, 9.17) is 4.74 Å². The van der Waals surface area contributed by atoms with Crippen LogP contribution in [-0.4, -0.2) is 43.6 Å². The third-order valence-corrected chi connectivity index (χ3v) is 3.69. The van der Waals surface area contributed by atoms with Crippen molar-refractivity contribution in [3.63, 3.8) is 0 Å². The molecule has 0 bridgehead atoms. The first-order valence-electron chi connectivity index (χ1n) is 7.87. The molecular weight excluding hydrogens is 351 g/mol. The molecule has 1 amide bonds. The molecule has 3 rings (SSSR count). The Morgan fingerprint density at radius 3 is 2.50 bits per heavy atom. The van der Waals surface area contributed by atoms with Gasteiger partial charge in [0.2, 0.25) is 0 Å². The van der Waals surface area contributed by atoms with E-state index in [9.17, 15) is 18.0 Å². The van der Waals surface area contributed by atoms with E-state index in [-0.39, 0.29) is 5.75 Å². The molecule has 1 aliphatic heterocycles. The number of hydrogen-bond acceptors (Lipinski definition) is 5. The Hall–Kier alpha value is -2.81. The van der Waals surface area contributed by atoms with Gasteiger partial charge < -0.3 is 19.7 Å². The summed E-state index contributed by atoms with van der Waals surface area (Å²) in [4.78, 5) is 18.8. The SMILES string of the molecule is O=C(Nc1ccc(OC(F)(F)F)cc1)c1cccnc1N1CCOCC1. The van der Waals surface area contributed by atoms with Crippen molar-refractivity contribution in [1.29, 1.82) is 0 Å². The molecule has 26 heavy (non-hydrogen) atoms. The van der Waals surface area contributed by atoms with Gasteiger partial charge in [-0.25, -0.2) is 4.98 Å². The first kappa shape index (κ1) is 18.0. The number of aromatic nitrogens is 1. The number of ether oxygens (including phenoxy) is 2. The number of benzene rings is 1. The van der Waals surface area contributed by atoms with Gasteiger partial charge in [-0.1, -0.05) is 0 Å². The Kier molecular flexibility index (Phi) is 5.27. The molecule has 138 valence electrons. The quantitative estimate of drug-likeness (QED) is 0.900. The van der Waals surface area contributed by atoms with Crippen molar-refractivity contribution in [3.8, 4) is 5.75 Å². The molecule has 0 saturated carbocycles. The standard InChI is InChI=1S/C17H16F3N3O3/c18-17(19,20)26-13-5-3-12(4-6-13)22-16(24)14-2-1-7-21-15(14)23-8-10-25-11-9-23/h1-7H,8-11H2,(H,22,24). The van der Waals surface area contributed by atoms with Gasteiger partial charge in [0.05, 0.1) is 18.8 Å². The molecule has 1 aromatic carbocycles. The summed E-state index contributed by atoms with van der Waals surface area (Å²) in [5.41, 5.74) is 0.728. The maximum atomic E-state index is 12.6. The number of alkyl halides is 3. The lowest BCUT2D eigenvalue weighted by Crippen LogP contribution is -2.38. The average Bonchev–Trinajstić information content (AvgIpc) is 2.63. The largest absolute Gasteiger partial charge is 0.573 e. The monoisotopic (exact) mass is 367 g/mol. The van der Waals surface area contributed by atoms with Crippen LogP contribution in [-0.2, 0) is 4.74 Å². The molecule has 2 aromatic rings. The van der Waals surface area contributed by atoms with Crippen molar-refractivity contribution in [3.05, 3.63) is 48.2 Å². The highest BCUT2D eigenvalue weighted by Crippen LogP contribution is 2.25. The second-order valence-corrected chi connectivity index (χ2v) is 5.50. The molecule has 1 aromatic heterocycles. The fourth-order valence-corrected chi connectivity index (χ4v) is 2.54. The minimum atomic E-state index is -4.76. The van der Waals surface area contributed by atoms with Crippen molar-refractivity contribution in [2.75, 3.05) is 36.5 Å². The van der Waals surface area contributed by atoms with Crippen molar-refractivity contribution in [2.45, 2.75) is 6.36 Å². The third-order valence-electron chi connectivity index (χ3n) is 3.69. The predicted octanol–water partition coefficient (Wildman–Crippen LogP) is 3.07. The molecule has 9 heteroatoms. The molecule has 1 fully saturated rings. The van der Waals surface area contributed by atoms with Gasteiger partial charge in [0, 0.05) is 25.0 Å². The van der Waals surface area contributed by atoms with Gasteiger partial charge in [-0.05, 0) is 36.4 Å². The number of morpholine rings is 1. The van der Waals surface area contributed by atoms with Gasteiger partial charge in [0.15, 0.2) is 0 Å². The Morgan fingerprint density at radius 1 is 1.15 bits per heavy atom. The molecule has 0 spiro atoms. The number of rotatable bonds is 4. The fourth-order valence-electron chi connectivity index (χ4n) is 2.54. The summed E-state index contributed by atoms with van der Waals surface area (Å²) >= 11 is 0. The van der Waals surface area contributed by atoms with E-state index in [0.717, 1.165) is 12.1 Å². The van der Waals surface area contributed by atoms with Crippen LogP contribution >= 0.6 is 0 Å². The number of carbonyl (C=O) groups excluding carboxylic acids is 1. The zero-order chi connectivity index (χ0) is 18.6. The maximum absolute atomic E-state index is 12.6. The van der Waals surface area contributed by atoms with E-state index in [1.54, 1.807) is 18.3 Å². The van der Waals surface area contributed by atoms with Crippen LogP contribution in [0.3, 0.4) is 0 Å². The van der Waals surface area contributed by atoms with Gasteiger partial charge in [0.1, 0.15) is 11.6 Å². The number of nitrogens with one attached hydrogen (secondary N) is 1. The number of pyridine rings is 1. The topological polar surface area (TPSA) is 63.7 Å². The lowest BCUT2D eigenvalue weighted by molar-refractivity contribution is -0.274. The summed E-state index contributed by atoms with van der Waals surface area (Å²) in [6.07, 6.45) is -3.15. The summed E-state index contributed by atoms with van der Waals surface area (Å²) in [7, 11) is 0. The number of nitrogens with zero attached hydrogens (tertiary/aromatic N) is 2. The van der Waals surface area contributed by atoms with Crippen LogP contribution in [0.4, 0.5) is 24.7 Å². The van der Waals surface area contributed by atoms with E-state index in [1.807, 2.05) is 4.90 Å². The van der Waals surface area contributed by atoms with Gasteiger partial charge in [-0.3, -0.25) is 4.79 Å². The number of carbonyl (C=O) groups is 1. The summed E-state index contributed by atoms with van der Waals surface area (Å²) in [6.45, 7) is 2.36. The van der Waals surface area contributed by atoms with Crippen LogP contribution in [0, 0.1) is 0 Å². The minimum absolute atomic E-state index is 0.348. The maximum Gasteiger partial charge on any atom is 0.573 e. The molecule has 6 nitrogen and oxygen atoms in total. The highest BCUT2D eigenvalue weighted by molar-refractivity contribution is 6.07.